The number of hydrogen-bond acceptors (Lipinski definition) is 2. The Labute approximate surface area is 115 Å². The van der Waals surface area contributed by atoms with Crippen LogP contribution in [-0.2, 0) is 6.42 Å². The third-order valence-electron chi connectivity index (χ3n) is 2.97. The number of aryl methyl sites for hydroxylation is 1. The van der Waals surface area contributed by atoms with Gasteiger partial charge in [0.25, 0.3) is 0 Å². The molecule has 0 fully saturated rings. The van der Waals surface area contributed by atoms with Gasteiger partial charge in [0, 0.05) is 22.6 Å². The average molecular weight is 315 g/mol. The highest BCUT2D eigenvalue weighted by Crippen LogP contribution is 2.29. The minimum absolute atomic E-state index is 0.342. The van der Waals surface area contributed by atoms with Crippen molar-refractivity contribution in [1.82, 2.24) is 9.38 Å². The molecule has 0 spiro atoms. The Balaban J connectivity index is 1.85. The first-order valence-corrected chi connectivity index (χ1v) is 7.81. The van der Waals surface area contributed by atoms with Gasteiger partial charge in [-0.15, -0.1) is 11.3 Å². The first-order chi connectivity index (χ1) is 7.97. The molecule has 2 rings (SSSR count). The summed E-state index contributed by atoms with van der Waals surface area (Å²) < 4.78 is 2.11. The normalized spacial score (nSPS) is 14.4. The molecule has 0 bridgehead atoms. The van der Waals surface area contributed by atoms with E-state index in [0.717, 1.165) is 11.4 Å². The topological polar surface area (TPSA) is 17.3 Å². The van der Waals surface area contributed by atoms with Gasteiger partial charge in [-0.05, 0) is 24.7 Å². The van der Waals surface area contributed by atoms with Crippen LogP contribution in [0.4, 0.5) is 0 Å². The van der Waals surface area contributed by atoms with E-state index in [9.17, 15) is 0 Å². The van der Waals surface area contributed by atoms with Crippen LogP contribution in [-0.4, -0.2) is 14.2 Å². The van der Waals surface area contributed by atoms with Crippen LogP contribution in [0, 0.1) is 5.41 Å². The molecular formula is C13H19BrN2S. The summed E-state index contributed by atoms with van der Waals surface area (Å²) in [5.74, 6) is 0. The summed E-state index contributed by atoms with van der Waals surface area (Å²) in [5, 5.41) is 2.07. The number of rotatable bonds is 4. The van der Waals surface area contributed by atoms with Gasteiger partial charge < -0.3 is 0 Å². The smallest absolute Gasteiger partial charge is 0.193 e. The van der Waals surface area contributed by atoms with E-state index in [1.165, 1.54) is 18.5 Å². The first kappa shape index (κ1) is 13.1. The maximum absolute atomic E-state index is 4.60. The van der Waals surface area contributed by atoms with E-state index in [0.29, 0.717) is 10.2 Å². The standard InChI is InChI=1S/C13H19BrN2S/c1-13(2,3)11(14)6-4-5-10-9-16-7-8-17-12(16)15-10/h7-9,11H,4-6H2,1-3H3. The van der Waals surface area contributed by atoms with Crippen molar-refractivity contribution in [2.45, 2.75) is 44.9 Å². The summed E-state index contributed by atoms with van der Waals surface area (Å²) in [6.07, 6.45) is 7.68. The summed E-state index contributed by atoms with van der Waals surface area (Å²) in [6, 6.07) is 0. The number of halogens is 1. The van der Waals surface area contributed by atoms with Crippen LogP contribution >= 0.6 is 27.3 Å². The molecule has 1 unspecified atom stereocenters. The molecule has 2 aromatic rings. The zero-order valence-electron chi connectivity index (χ0n) is 10.6. The Morgan fingerprint density at radius 1 is 1.47 bits per heavy atom. The van der Waals surface area contributed by atoms with E-state index in [1.807, 2.05) is 0 Å². The summed E-state index contributed by atoms with van der Waals surface area (Å²) in [6.45, 7) is 6.83. The molecule has 0 aromatic carbocycles. The predicted octanol–water partition coefficient (Wildman–Crippen LogP) is 4.53. The average Bonchev–Trinajstić information content (AvgIpc) is 2.75. The second-order valence-electron chi connectivity index (χ2n) is 5.55. The van der Waals surface area contributed by atoms with Gasteiger partial charge in [-0.25, -0.2) is 4.98 Å². The molecule has 0 radical (unpaired) electrons. The maximum atomic E-state index is 4.60. The number of imidazole rings is 1. The third-order valence-corrected chi connectivity index (χ3v) is 5.58. The van der Waals surface area contributed by atoms with Crippen molar-refractivity contribution in [1.29, 1.82) is 0 Å². The van der Waals surface area contributed by atoms with Crippen molar-refractivity contribution in [2.24, 2.45) is 5.41 Å². The fourth-order valence-electron chi connectivity index (χ4n) is 1.79. The Bertz CT molecular complexity index is 452. The number of alkyl halides is 1. The van der Waals surface area contributed by atoms with Gasteiger partial charge in [0.05, 0.1) is 5.69 Å². The summed E-state index contributed by atoms with van der Waals surface area (Å²) in [5.41, 5.74) is 1.56. The lowest BCUT2D eigenvalue weighted by Crippen LogP contribution is -2.20. The van der Waals surface area contributed by atoms with Crippen LogP contribution in [0.2, 0.25) is 0 Å². The Hall–Kier alpha value is -0.350. The number of hydrogen-bond donors (Lipinski definition) is 0. The molecule has 2 heterocycles. The van der Waals surface area contributed by atoms with E-state index < -0.39 is 0 Å². The fraction of sp³-hybridized carbons (Fsp3) is 0.615. The van der Waals surface area contributed by atoms with Gasteiger partial charge in [0.1, 0.15) is 0 Å². The van der Waals surface area contributed by atoms with Crippen LogP contribution < -0.4 is 0 Å². The number of nitrogens with zero attached hydrogens (tertiary/aromatic N) is 2. The van der Waals surface area contributed by atoms with Gasteiger partial charge >= 0.3 is 0 Å². The molecular weight excluding hydrogens is 296 g/mol. The highest BCUT2D eigenvalue weighted by Gasteiger charge is 2.21. The summed E-state index contributed by atoms with van der Waals surface area (Å²) in [7, 11) is 0. The van der Waals surface area contributed by atoms with E-state index in [4.69, 9.17) is 0 Å². The minimum Gasteiger partial charge on any atom is -0.297 e. The monoisotopic (exact) mass is 314 g/mol. The quantitative estimate of drug-likeness (QED) is 0.758. The van der Waals surface area contributed by atoms with Gasteiger partial charge in [-0.1, -0.05) is 36.7 Å². The van der Waals surface area contributed by atoms with Crippen molar-refractivity contribution in [3.63, 3.8) is 0 Å². The fourth-order valence-corrected chi connectivity index (χ4v) is 2.83. The van der Waals surface area contributed by atoms with Crippen LogP contribution in [0.5, 0.6) is 0 Å². The Morgan fingerprint density at radius 2 is 2.24 bits per heavy atom. The Kier molecular flexibility index (Phi) is 3.93. The first-order valence-electron chi connectivity index (χ1n) is 6.02. The maximum Gasteiger partial charge on any atom is 0.193 e. The van der Waals surface area contributed by atoms with Crippen molar-refractivity contribution < 1.29 is 0 Å². The van der Waals surface area contributed by atoms with E-state index >= 15 is 0 Å². The lowest BCUT2D eigenvalue weighted by atomic mass is 9.89. The van der Waals surface area contributed by atoms with Crippen LogP contribution in [0.15, 0.2) is 17.8 Å². The largest absolute Gasteiger partial charge is 0.297 e. The summed E-state index contributed by atoms with van der Waals surface area (Å²) in [4.78, 5) is 6.28. The molecule has 17 heavy (non-hydrogen) atoms. The highest BCUT2D eigenvalue weighted by molar-refractivity contribution is 9.09. The lowest BCUT2D eigenvalue weighted by molar-refractivity contribution is 0.380. The molecule has 0 aliphatic carbocycles. The lowest BCUT2D eigenvalue weighted by Gasteiger charge is -2.25. The van der Waals surface area contributed by atoms with Crippen LogP contribution in [0.25, 0.3) is 4.96 Å². The molecule has 0 aliphatic heterocycles. The van der Waals surface area contributed by atoms with E-state index in [-0.39, 0.29) is 0 Å². The van der Waals surface area contributed by atoms with Crippen LogP contribution in [0.1, 0.15) is 39.3 Å². The molecule has 2 aromatic heterocycles. The molecule has 0 saturated heterocycles. The molecule has 0 aliphatic rings. The van der Waals surface area contributed by atoms with Crippen molar-refractivity contribution >= 4 is 32.2 Å². The predicted molar refractivity (Wildman–Crippen MR) is 78.2 cm³/mol. The molecule has 4 heteroatoms. The van der Waals surface area contributed by atoms with E-state index in [2.05, 4.69) is 63.9 Å². The zero-order chi connectivity index (χ0) is 12.5. The van der Waals surface area contributed by atoms with E-state index in [1.54, 1.807) is 11.3 Å². The number of thiazole rings is 1. The molecule has 0 N–H and O–H groups in total. The van der Waals surface area contributed by atoms with Crippen LogP contribution in [0.3, 0.4) is 0 Å². The second kappa shape index (κ2) is 5.11. The minimum atomic E-state index is 0.342. The van der Waals surface area contributed by atoms with Crippen molar-refractivity contribution in [3.8, 4) is 0 Å². The van der Waals surface area contributed by atoms with Gasteiger partial charge in [0.15, 0.2) is 4.96 Å². The van der Waals surface area contributed by atoms with Crippen molar-refractivity contribution in [2.75, 3.05) is 0 Å². The highest BCUT2D eigenvalue weighted by atomic mass is 79.9. The Morgan fingerprint density at radius 3 is 2.88 bits per heavy atom. The van der Waals surface area contributed by atoms with Gasteiger partial charge in [-0.2, -0.15) is 0 Å². The molecule has 2 nitrogen and oxygen atoms in total. The molecule has 0 amide bonds. The molecule has 1 atom stereocenters. The summed E-state index contributed by atoms with van der Waals surface area (Å²) >= 11 is 5.47. The third kappa shape index (κ3) is 3.32. The zero-order valence-corrected chi connectivity index (χ0v) is 13.0. The number of fused-ring (bicyclic) bond motifs is 1. The second-order valence-corrected chi connectivity index (χ2v) is 7.53. The molecule has 94 valence electrons. The van der Waals surface area contributed by atoms with Gasteiger partial charge in [0.2, 0.25) is 0 Å². The van der Waals surface area contributed by atoms with Crippen molar-refractivity contribution in [3.05, 3.63) is 23.5 Å². The molecule has 0 saturated carbocycles. The van der Waals surface area contributed by atoms with Gasteiger partial charge in [-0.3, -0.25) is 4.40 Å². The SMILES string of the molecule is CC(C)(C)C(Br)CCCc1cn2ccsc2n1. The number of aromatic nitrogens is 2.